The monoisotopic (exact) mass is 285 g/mol. The quantitative estimate of drug-likeness (QED) is 0.940. The summed E-state index contributed by atoms with van der Waals surface area (Å²) in [5.74, 6) is 2.47. The lowest BCUT2D eigenvalue weighted by molar-refractivity contribution is 0.161. The molecule has 1 heterocycles. The molecule has 0 spiro atoms. The van der Waals surface area contributed by atoms with Gasteiger partial charge in [-0.25, -0.2) is 0 Å². The van der Waals surface area contributed by atoms with Gasteiger partial charge in [0.05, 0.1) is 14.2 Å². The number of rotatable bonds is 3. The zero-order chi connectivity index (χ0) is 14.8. The van der Waals surface area contributed by atoms with E-state index in [1.807, 2.05) is 42.5 Å². The average Bonchev–Trinajstić information content (AvgIpc) is 2.54. The van der Waals surface area contributed by atoms with Crippen molar-refractivity contribution in [3.05, 3.63) is 53.6 Å². The van der Waals surface area contributed by atoms with Gasteiger partial charge in [0, 0.05) is 18.0 Å². The Balaban J connectivity index is 1.87. The Hall–Kier alpha value is -2.20. The lowest BCUT2D eigenvalue weighted by atomic mass is 9.93. The fraction of sp³-hybridized carbons (Fsp3) is 0.294. The standard InChI is InChI=1S/C17H19NO3/c1-19-12-5-3-11(4-6-12)17-10-15(18)14-9-13(20-2)7-8-16(14)21-17/h3-9,15,17H,10,18H2,1-2H3. The molecule has 2 aromatic carbocycles. The molecule has 0 bridgehead atoms. The van der Waals surface area contributed by atoms with Gasteiger partial charge >= 0.3 is 0 Å². The van der Waals surface area contributed by atoms with Crippen molar-refractivity contribution in [3.8, 4) is 17.2 Å². The summed E-state index contributed by atoms with van der Waals surface area (Å²) >= 11 is 0. The zero-order valence-corrected chi connectivity index (χ0v) is 12.2. The van der Waals surface area contributed by atoms with Crippen LogP contribution < -0.4 is 19.9 Å². The second-order valence-corrected chi connectivity index (χ2v) is 5.13. The third-order valence-corrected chi connectivity index (χ3v) is 3.84. The van der Waals surface area contributed by atoms with Crippen molar-refractivity contribution in [2.45, 2.75) is 18.6 Å². The van der Waals surface area contributed by atoms with Crippen LogP contribution in [0.25, 0.3) is 0 Å². The second-order valence-electron chi connectivity index (χ2n) is 5.13. The molecule has 2 atom stereocenters. The topological polar surface area (TPSA) is 53.7 Å². The van der Waals surface area contributed by atoms with E-state index in [0.717, 1.165) is 34.8 Å². The molecule has 0 saturated carbocycles. The summed E-state index contributed by atoms with van der Waals surface area (Å²) in [5.41, 5.74) is 8.40. The Bertz CT molecular complexity index is 624. The van der Waals surface area contributed by atoms with Crippen LogP contribution in [0, 0.1) is 0 Å². The van der Waals surface area contributed by atoms with Crippen molar-refractivity contribution in [1.29, 1.82) is 0 Å². The van der Waals surface area contributed by atoms with Crippen LogP contribution in [-0.2, 0) is 0 Å². The minimum absolute atomic E-state index is 0.0354. The molecule has 0 amide bonds. The van der Waals surface area contributed by atoms with E-state index in [0.29, 0.717) is 0 Å². The molecule has 110 valence electrons. The summed E-state index contributed by atoms with van der Waals surface area (Å²) in [6, 6.07) is 13.6. The normalized spacial score (nSPS) is 20.3. The highest BCUT2D eigenvalue weighted by Gasteiger charge is 2.27. The fourth-order valence-electron chi connectivity index (χ4n) is 2.63. The zero-order valence-electron chi connectivity index (χ0n) is 12.2. The largest absolute Gasteiger partial charge is 0.497 e. The van der Waals surface area contributed by atoms with Crippen molar-refractivity contribution >= 4 is 0 Å². The van der Waals surface area contributed by atoms with Gasteiger partial charge in [-0.2, -0.15) is 0 Å². The third-order valence-electron chi connectivity index (χ3n) is 3.84. The van der Waals surface area contributed by atoms with Crippen molar-refractivity contribution in [1.82, 2.24) is 0 Å². The number of nitrogens with two attached hydrogens (primary N) is 1. The van der Waals surface area contributed by atoms with Crippen LogP contribution in [0.5, 0.6) is 17.2 Å². The van der Waals surface area contributed by atoms with Gasteiger partial charge in [0.2, 0.25) is 0 Å². The van der Waals surface area contributed by atoms with E-state index in [4.69, 9.17) is 19.9 Å². The lowest BCUT2D eigenvalue weighted by Crippen LogP contribution is -2.24. The summed E-state index contributed by atoms with van der Waals surface area (Å²) in [6.45, 7) is 0. The maximum absolute atomic E-state index is 6.29. The first kappa shape index (κ1) is 13.8. The molecule has 1 aliphatic rings. The summed E-state index contributed by atoms with van der Waals surface area (Å²) < 4.78 is 16.5. The molecule has 0 aliphatic carbocycles. The summed E-state index contributed by atoms with van der Waals surface area (Å²) in [7, 11) is 3.31. The van der Waals surface area contributed by atoms with Crippen LogP contribution in [-0.4, -0.2) is 14.2 Å². The van der Waals surface area contributed by atoms with Crippen LogP contribution in [0.2, 0.25) is 0 Å². The third kappa shape index (κ3) is 2.67. The highest BCUT2D eigenvalue weighted by Crippen LogP contribution is 2.41. The van der Waals surface area contributed by atoms with Crippen LogP contribution in [0.3, 0.4) is 0 Å². The molecule has 0 saturated heterocycles. The molecular weight excluding hydrogens is 266 g/mol. The van der Waals surface area contributed by atoms with Gasteiger partial charge in [0.1, 0.15) is 23.4 Å². The van der Waals surface area contributed by atoms with Gasteiger partial charge < -0.3 is 19.9 Å². The van der Waals surface area contributed by atoms with Gasteiger partial charge in [-0.15, -0.1) is 0 Å². The van der Waals surface area contributed by atoms with Crippen LogP contribution in [0.1, 0.15) is 29.7 Å². The SMILES string of the molecule is COc1ccc(C2CC(N)c3cc(OC)ccc3O2)cc1. The smallest absolute Gasteiger partial charge is 0.126 e. The summed E-state index contributed by atoms with van der Waals surface area (Å²) in [5, 5.41) is 0. The Kier molecular flexibility index (Phi) is 3.71. The highest BCUT2D eigenvalue weighted by molar-refractivity contribution is 5.44. The molecule has 0 fully saturated rings. The molecule has 0 radical (unpaired) electrons. The van der Waals surface area contributed by atoms with Crippen LogP contribution in [0.4, 0.5) is 0 Å². The number of hydrogen-bond acceptors (Lipinski definition) is 4. The first-order chi connectivity index (χ1) is 10.2. The Morgan fingerprint density at radius 2 is 1.67 bits per heavy atom. The lowest BCUT2D eigenvalue weighted by Gasteiger charge is -2.30. The molecule has 4 heteroatoms. The minimum Gasteiger partial charge on any atom is -0.497 e. The minimum atomic E-state index is -0.0593. The maximum Gasteiger partial charge on any atom is 0.126 e. The number of methoxy groups -OCH3 is 2. The van der Waals surface area contributed by atoms with E-state index < -0.39 is 0 Å². The molecule has 3 rings (SSSR count). The van der Waals surface area contributed by atoms with E-state index in [-0.39, 0.29) is 12.1 Å². The fourth-order valence-corrected chi connectivity index (χ4v) is 2.63. The molecule has 21 heavy (non-hydrogen) atoms. The maximum atomic E-state index is 6.29. The highest BCUT2D eigenvalue weighted by atomic mass is 16.5. The van der Waals surface area contributed by atoms with Gasteiger partial charge in [-0.1, -0.05) is 12.1 Å². The molecule has 2 N–H and O–H groups in total. The molecule has 2 aromatic rings. The number of fused-ring (bicyclic) bond motifs is 1. The predicted octanol–water partition coefficient (Wildman–Crippen LogP) is 3.23. The first-order valence-electron chi connectivity index (χ1n) is 6.95. The Labute approximate surface area is 124 Å². The van der Waals surface area contributed by atoms with Crippen LogP contribution in [0.15, 0.2) is 42.5 Å². The van der Waals surface area contributed by atoms with Crippen molar-refractivity contribution in [3.63, 3.8) is 0 Å². The average molecular weight is 285 g/mol. The van der Waals surface area contributed by atoms with Crippen molar-refractivity contribution in [2.24, 2.45) is 5.73 Å². The van der Waals surface area contributed by atoms with E-state index >= 15 is 0 Å². The van der Waals surface area contributed by atoms with Gasteiger partial charge in [0.25, 0.3) is 0 Å². The molecule has 2 unspecified atom stereocenters. The number of ether oxygens (including phenoxy) is 3. The van der Waals surface area contributed by atoms with Gasteiger partial charge in [0.15, 0.2) is 0 Å². The van der Waals surface area contributed by atoms with E-state index in [9.17, 15) is 0 Å². The second kappa shape index (κ2) is 5.66. The summed E-state index contributed by atoms with van der Waals surface area (Å²) in [4.78, 5) is 0. The molecule has 1 aliphatic heterocycles. The Morgan fingerprint density at radius 1 is 1.00 bits per heavy atom. The van der Waals surface area contributed by atoms with Gasteiger partial charge in [-0.3, -0.25) is 0 Å². The van der Waals surface area contributed by atoms with Gasteiger partial charge in [-0.05, 0) is 35.9 Å². The van der Waals surface area contributed by atoms with Crippen molar-refractivity contribution in [2.75, 3.05) is 14.2 Å². The molecular formula is C17H19NO3. The van der Waals surface area contributed by atoms with E-state index in [1.54, 1.807) is 14.2 Å². The van der Waals surface area contributed by atoms with Crippen molar-refractivity contribution < 1.29 is 14.2 Å². The Morgan fingerprint density at radius 3 is 2.33 bits per heavy atom. The van der Waals surface area contributed by atoms with E-state index in [1.165, 1.54) is 0 Å². The number of benzene rings is 2. The summed E-state index contributed by atoms with van der Waals surface area (Å²) in [6.07, 6.45) is 0.707. The first-order valence-corrected chi connectivity index (χ1v) is 6.95. The van der Waals surface area contributed by atoms with E-state index in [2.05, 4.69) is 0 Å². The van der Waals surface area contributed by atoms with Crippen LogP contribution >= 0.6 is 0 Å². The molecule has 0 aromatic heterocycles. The number of hydrogen-bond donors (Lipinski definition) is 1. The predicted molar refractivity (Wildman–Crippen MR) is 80.9 cm³/mol. The molecule has 4 nitrogen and oxygen atoms in total.